The minimum atomic E-state index is 0.225. The Morgan fingerprint density at radius 2 is 1.64 bits per heavy atom. The lowest BCUT2D eigenvalue weighted by Crippen LogP contribution is -1.94. The molecular formula is C12H18O2. The molecule has 0 aliphatic carbocycles. The molecule has 1 aromatic rings. The highest BCUT2D eigenvalue weighted by Gasteiger charge is 1.94. The molecule has 0 aliphatic heterocycles. The van der Waals surface area contributed by atoms with Gasteiger partial charge >= 0.3 is 0 Å². The van der Waals surface area contributed by atoms with Crippen LogP contribution in [0, 0.1) is 0 Å². The van der Waals surface area contributed by atoms with E-state index in [1.54, 1.807) is 7.11 Å². The second-order valence-electron chi connectivity index (χ2n) is 3.39. The van der Waals surface area contributed by atoms with Crippen molar-refractivity contribution in [2.24, 2.45) is 0 Å². The third-order valence-electron chi connectivity index (χ3n) is 2.24. The van der Waals surface area contributed by atoms with Crippen LogP contribution < -0.4 is 0 Å². The van der Waals surface area contributed by atoms with Gasteiger partial charge in [-0.3, -0.25) is 0 Å². The average molecular weight is 194 g/mol. The third-order valence-corrected chi connectivity index (χ3v) is 2.24. The molecule has 0 spiro atoms. The van der Waals surface area contributed by atoms with Gasteiger partial charge in [-0.2, -0.15) is 0 Å². The number of aryl methyl sites for hydroxylation is 1. The molecule has 0 fully saturated rings. The first-order valence-corrected chi connectivity index (χ1v) is 5.04. The molecule has 0 aromatic heterocycles. The van der Waals surface area contributed by atoms with E-state index in [0.717, 1.165) is 25.9 Å². The molecule has 0 heterocycles. The van der Waals surface area contributed by atoms with Gasteiger partial charge in [0.05, 0.1) is 0 Å². The van der Waals surface area contributed by atoms with E-state index in [0.29, 0.717) is 0 Å². The van der Waals surface area contributed by atoms with E-state index in [2.05, 4.69) is 24.3 Å². The fourth-order valence-corrected chi connectivity index (χ4v) is 1.42. The standard InChI is InChI=1S/C12H18O2/c1-14-10-2-3-11-4-6-12(7-5-11)8-9-13/h4-7,13H,2-3,8-10H2,1H3. The highest BCUT2D eigenvalue weighted by atomic mass is 16.5. The molecule has 0 amide bonds. The minimum Gasteiger partial charge on any atom is -0.396 e. The maximum Gasteiger partial charge on any atom is 0.0471 e. The minimum absolute atomic E-state index is 0.225. The summed E-state index contributed by atoms with van der Waals surface area (Å²) in [6.45, 7) is 1.04. The molecule has 14 heavy (non-hydrogen) atoms. The summed E-state index contributed by atoms with van der Waals surface area (Å²) in [5, 5.41) is 8.75. The van der Waals surface area contributed by atoms with Crippen molar-refractivity contribution >= 4 is 0 Å². The van der Waals surface area contributed by atoms with E-state index in [4.69, 9.17) is 9.84 Å². The first kappa shape index (κ1) is 11.2. The summed E-state index contributed by atoms with van der Waals surface area (Å²) in [4.78, 5) is 0. The molecule has 0 saturated carbocycles. The van der Waals surface area contributed by atoms with Crippen LogP contribution in [0.1, 0.15) is 17.5 Å². The molecule has 0 unspecified atom stereocenters. The summed E-state index contributed by atoms with van der Waals surface area (Å²) in [6, 6.07) is 8.41. The van der Waals surface area contributed by atoms with Gasteiger partial charge in [0, 0.05) is 20.3 Å². The number of methoxy groups -OCH3 is 1. The summed E-state index contributed by atoms with van der Waals surface area (Å²) in [5.41, 5.74) is 2.53. The molecule has 1 N–H and O–H groups in total. The molecule has 1 aromatic carbocycles. The summed E-state index contributed by atoms with van der Waals surface area (Å²) < 4.78 is 4.99. The second kappa shape index (κ2) is 6.57. The van der Waals surface area contributed by atoms with Gasteiger partial charge in [-0.1, -0.05) is 24.3 Å². The van der Waals surface area contributed by atoms with Crippen molar-refractivity contribution in [3.63, 3.8) is 0 Å². The summed E-state index contributed by atoms with van der Waals surface area (Å²) in [7, 11) is 1.73. The van der Waals surface area contributed by atoms with Gasteiger partial charge in [-0.15, -0.1) is 0 Å². The zero-order valence-corrected chi connectivity index (χ0v) is 8.70. The fourth-order valence-electron chi connectivity index (χ4n) is 1.42. The summed E-state index contributed by atoms with van der Waals surface area (Å²) in [6.07, 6.45) is 2.88. The highest BCUT2D eigenvalue weighted by Crippen LogP contribution is 2.07. The number of aliphatic hydroxyl groups excluding tert-OH is 1. The molecular weight excluding hydrogens is 176 g/mol. The molecule has 0 saturated heterocycles. The van der Waals surface area contributed by atoms with Crippen molar-refractivity contribution < 1.29 is 9.84 Å². The van der Waals surface area contributed by atoms with Crippen LogP contribution >= 0.6 is 0 Å². The Kier molecular flexibility index (Phi) is 5.27. The summed E-state index contributed by atoms with van der Waals surface area (Å²) in [5.74, 6) is 0. The SMILES string of the molecule is COCCCc1ccc(CCO)cc1. The van der Waals surface area contributed by atoms with Crippen LogP contribution in [0.25, 0.3) is 0 Å². The zero-order valence-electron chi connectivity index (χ0n) is 8.70. The van der Waals surface area contributed by atoms with Crippen molar-refractivity contribution in [1.82, 2.24) is 0 Å². The molecule has 78 valence electrons. The number of hydrogen-bond donors (Lipinski definition) is 1. The largest absolute Gasteiger partial charge is 0.396 e. The highest BCUT2D eigenvalue weighted by molar-refractivity contribution is 5.22. The molecule has 0 atom stereocenters. The first-order valence-electron chi connectivity index (χ1n) is 5.04. The van der Waals surface area contributed by atoms with Crippen molar-refractivity contribution in [2.75, 3.05) is 20.3 Å². The van der Waals surface area contributed by atoms with Crippen LogP contribution in [0.5, 0.6) is 0 Å². The molecule has 2 nitrogen and oxygen atoms in total. The van der Waals surface area contributed by atoms with Gasteiger partial charge in [0.15, 0.2) is 0 Å². The van der Waals surface area contributed by atoms with Crippen LogP contribution in [-0.2, 0) is 17.6 Å². The van der Waals surface area contributed by atoms with Gasteiger partial charge in [-0.25, -0.2) is 0 Å². The Morgan fingerprint density at radius 3 is 2.14 bits per heavy atom. The number of ether oxygens (including phenoxy) is 1. The lowest BCUT2D eigenvalue weighted by atomic mass is 10.1. The normalized spacial score (nSPS) is 10.4. The Hall–Kier alpha value is -0.860. The zero-order chi connectivity index (χ0) is 10.2. The number of benzene rings is 1. The second-order valence-corrected chi connectivity index (χ2v) is 3.39. The topological polar surface area (TPSA) is 29.5 Å². The molecule has 0 bridgehead atoms. The monoisotopic (exact) mass is 194 g/mol. The van der Waals surface area contributed by atoms with Crippen LogP contribution in [0.15, 0.2) is 24.3 Å². The predicted octanol–water partition coefficient (Wildman–Crippen LogP) is 1.80. The quantitative estimate of drug-likeness (QED) is 0.700. The van der Waals surface area contributed by atoms with Gasteiger partial charge in [0.25, 0.3) is 0 Å². The van der Waals surface area contributed by atoms with E-state index in [9.17, 15) is 0 Å². The molecule has 1 rings (SSSR count). The third kappa shape index (κ3) is 3.90. The van der Waals surface area contributed by atoms with Crippen LogP contribution in [-0.4, -0.2) is 25.4 Å². The van der Waals surface area contributed by atoms with Crippen LogP contribution in [0.3, 0.4) is 0 Å². The van der Waals surface area contributed by atoms with Crippen molar-refractivity contribution in [2.45, 2.75) is 19.3 Å². The number of hydrogen-bond acceptors (Lipinski definition) is 2. The fraction of sp³-hybridized carbons (Fsp3) is 0.500. The van der Waals surface area contributed by atoms with Crippen LogP contribution in [0.2, 0.25) is 0 Å². The maximum atomic E-state index is 8.75. The van der Waals surface area contributed by atoms with E-state index in [1.807, 2.05) is 0 Å². The first-order chi connectivity index (χ1) is 6.86. The van der Waals surface area contributed by atoms with E-state index >= 15 is 0 Å². The van der Waals surface area contributed by atoms with Crippen molar-refractivity contribution in [3.8, 4) is 0 Å². The Morgan fingerprint density at radius 1 is 1.07 bits per heavy atom. The Balaban J connectivity index is 2.38. The van der Waals surface area contributed by atoms with Gasteiger partial charge in [-0.05, 0) is 30.4 Å². The van der Waals surface area contributed by atoms with Gasteiger partial charge in [0.2, 0.25) is 0 Å². The Labute approximate surface area is 85.5 Å². The van der Waals surface area contributed by atoms with Crippen LogP contribution in [0.4, 0.5) is 0 Å². The number of aliphatic hydroxyl groups is 1. The molecule has 0 radical (unpaired) electrons. The molecule has 0 aliphatic rings. The predicted molar refractivity (Wildman–Crippen MR) is 57.4 cm³/mol. The smallest absolute Gasteiger partial charge is 0.0471 e. The summed E-state index contributed by atoms with van der Waals surface area (Å²) >= 11 is 0. The van der Waals surface area contributed by atoms with Crippen molar-refractivity contribution in [3.05, 3.63) is 35.4 Å². The maximum absolute atomic E-state index is 8.75. The average Bonchev–Trinajstić information content (AvgIpc) is 2.21. The lowest BCUT2D eigenvalue weighted by Gasteiger charge is -2.02. The Bertz CT molecular complexity index is 241. The van der Waals surface area contributed by atoms with E-state index in [-0.39, 0.29) is 6.61 Å². The number of rotatable bonds is 6. The molecule has 2 heteroatoms. The van der Waals surface area contributed by atoms with Crippen molar-refractivity contribution in [1.29, 1.82) is 0 Å². The lowest BCUT2D eigenvalue weighted by molar-refractivity contribution is 0.195. The van der Waals surface area contributed by atoms with E-state index < -0.39 is 0 Å². The van der Waals surface area contributed by atoms with Gasteiger partial charge < -0.3 is 9.84 Å². The van der Waals surface area contributed by atoms with E-state index in [1.165, 1.54) is 11.1 Å². The van der Waals surface area contributed by atoms with Gasteiger partial charge in [0.1, 0.15) is 0 Å².